The van der Waals surface area contributed by atoms with E-state index < -0.39 is 26.3 Å². The van der Waals surface area contributed by atoms with Gasteiger partial charge in [0.25, 0.3) is 0 Å². The van der Waals surface area contributed by atoms with Crippen LogP contribution in [-0.2, 0) is 9.22 Å². The molecule has 23 heavy (non-hydrogen) atoms. The van der Waals surface area contributed by atoms with Crippen molar-refractivity contribution in [2.24, 2.45) is 5.92 Å². The van der Waals surface area contributed by atoms with Crippen molar-refractivity contribution in [3.8, 4) is 12.3 Å². The van der Waals surface area contributed by atoms with Gasteiger partial charge in [0.05, 0.1) is 12.0 Å². The molecule has 2 atom stereocenters. The van der Waals surface area contributed by atoms with E-state index in [4.69, 9.17) is 10.8 Å². The lowest BCUT2D eigenvalue weighted by Crippen LogP contribution is -2.44. The van der Waals surface area contributed by atoms with Crippen molar-refractivity contribution in [2.75, 3.05) is 0 Å². The van der Waals surface area contributed by atoms with Crippen LogP contribution in [0.25, 0.3) is 0 Å². The van der Waals surface area contributed by atoms with Crippen molar-refractivity contribution in [2.45, 2.75) is 57.8 Å². The highest BCUT2D eigenvalue weighted by atomic mass is 28.4. The van der Waals surface area contributed by atoms with E-state index >= 15 is 0 Å². The van der Waals surface area contributed by atoms with Crippen LogP contribution < -0.4 is 0 Å². The predicted octanol–water partition coefficient (Wildman–Crippen LogP) is 4.86. The summed E-state index contributed by atoms with van der Waals surface area (Å²) in [4.78, 5) is 11.8. The second kappa shape index (κ2) is 7.81. The smallest absolute Gasteiger partial charge is 0.309 e. The lowest BCUT2D eigenvalue weighted by atomic mass is 9.92. The number of carbonyl (C=O) groups is 1. The Kier molecular flexibility index (Phi) is 6.61. The predicted molar refractivity (Wildman–Crippen MR) is 96.7 cm³/mol. The Hall–Kier alpha value is -1.57. The molecule has 1 aromatic rings. The maximum atomic E-state index is 11.8. The minimum absolute atomic E-state index is 0.00913. The fourth-order valence-electron chi connectivity index (χ4n) is 2.16. The highest BCUT2D eigenvalue weighted by Gasteiger charge is 2.42. The Morgan fingerprint density at radius 3 is 2.30 bits per heavy atom. The molecule has 0 amide bonds. The zero-order chi connectivity index (χ0) is 17.7. The quantitative estimate of drug-likeness (QED) is 0.573. The van der Waals surface area contributed by atoms with Crippen molar-refractivity contribution in [3.05, 3.63) is 35.9 Å². The van der Waals surface area contributed by atoms with Crippen LogP contribution in [-0.4, -0.2) is 19.4 Å². The maximum absolute atomic E-state index is 11.8. The van der Waals surface area contributed by atoms with Crippen molar-refractivity contribution < 1.29 is 14.3 Å². The number of carboxylic acids is 1. The number of hydrogen-bond donors (Lipinski definition) is 1. The highest BCUT2D eigenvalue weighted by molar-refractivity contribution is 6.74. The van der Waals surface area contributed by atoms with Crippen LogP contribution in [0.1, 0.15) is 45.3 Å². The molecule has 1 aromatic carbocycles. The minimum Gasteiger partial charge on any atom is -0.481 e. The van der Waals surface area contributed by atoms with Gasteiger partial charge in [-0.1, -0.05) is 51.1 Å². The van der Waals surface area contributed by atoms with Crippen LogP contribution >= 0.6 is 0 Å². The Bertz CT molecular complexity index is 552. The summed E-state index contributed by atoms with van der Waals surface area (Å²) in [6, 6.07) is 9.62. The van der Waals surface area contributed by atoms with Gasteiger partial charge in [-0.3, -0.25) is 4.79 Å². The lowest BCUT2D eigenvalue weighted by molar-refractivity contribution is -0.145. The number of hydrogen-bond acceptors (Lipinski definition) is 2. The fraction of sp³-hybridized carbons (Fsp3) is 0.526. The summed E-state index contributed by atoms with van der Waals surface area (Å²) >= 11 is 0. The standard InChI is InChI=1S/C19H28O3Si/c1-7-8-14-16(18(20)21)17(15-12-10-9-11-13-15)22-23(5,6)19(2,3)4/h1,9-13,16-17H,8,14H2,2-6H3,(H,20,21)/t16-,17?/m1/s1. The van der Waals surface area contributed by atoms with Crippen LogP contribution in [0, 0.1) is 18.3 Å². The number of carboxylic acid groups (broad SMARTS) is 1. The zero-order valence-corrected chi connectivity index (χ0v) is 15.8. The van der Waals surface area contributed by atoms with E-state index in [1.54, 1.807) is 0 Å². The van der Waals surface area contributed by atoms with Gasteiger partial charge in [0.2, 0.25) is 0 Å². The van der Waals surface area contributed by atoms with E-state index in [1.165, 1.54) is 0 Å². The molecule has 0 spiro atoms. The van der Waals surface area contributed by atoms with Crippen LogP contribution in [0.15, 0.2) is 30.3 Å². The second-order valence-electron chi connectivity index (χ2n) is 7.40. The first-order valence-corrected chi connectivity index (χ1v) is 10.9. The molecule has 0 aliphatic carbocycles. The Labute approximate surface area is 141 Å². The van der Waals surface area contributed by atoms with Crippen molar-refractivity contribution in [1.82, 2.24) is 0 Å². The first-order valence-electron chi connectivity index (χ1n) is 7.99. The third kappa shape index (κ3) is 5.23. The molecule has 0 saturated heterocycles. The van der Waals surface area contributed by atoms with Gasteiger partial charge in [-0.15, -0.1) is 12.3 Å². The molecule has 0 fully saturated rings. The summed E-state index contributed by atoms with van der Waals surface area (Å²) in [5.74, 6) is 1.05. The molecule has 1 unspecified atom stereocenters. The Morgan fingerprint density at radius 1 is 1.30 bits per heavy atom. The van der Waals surface area contributed by atoms with Gasteiger partial charge in [-0.2, -0.15) is 0 Å². The van der Waals surface area contributed by atoms with Gasteiger partial charge in [0.15, 0.2) is 8.32 Å². The van der Waals surface area contributed by atoms with Gasteiger partial charge in [-0.05, 0) is 30.1 Å². The van der Waals surface area contributed by atoms with Crippen molar-refractivity contribution in [3.63, 3.8) is 0 Å². The number of rotatable bonds is 7. The molecule has 0 aliphatic heterocycles. The summed E-state index contributed by atoms with van der Waals surface area (Å²) < 4.78 is 6.50. The van der Waals surface area contributed by atoms with E-state index in [0.29, 0.717) is 12.8 Å². The van der Waals surface area contributed by atoms with Crippen LogP contribution in [0.2, 0.25) is 18.1 Å². The normalized spacial score (nSPS) is 14.8. The van der Waals surface area contributed by atoms with Crippen LogP contribution in [0.4, 0.5) is 0 Å². The monoisotopic (exact) mass is 332 g/mol. The second-order valence-corrected chi connectivity index (χ2v) is 12.2. The number of aliphatic carboxylic acids is 1. The number of terminal acetylenes is 1. The number of benzene rings is 1. The fourth-order valence-corrected chi connectivity index (χ4v) is 3.45. The zero-order valence-electron chi connectivity index (χ0n) is 14.8. The molecule has 0 bridgehead atoms. The molecule has 0 heterocycles. The average molecular weight is 333 g/mol. The van der Waals surface area contributed by atoms with Gasteiger partial charge < -0.3 is 9.53 Å². The summed E-state index contributed by atoms with van der Waals surface area (Å²) in [7, 11) is -2.11. The summed E-state index contributed by atoms with van der Waals surface area (Å²) in [6.45, 7) is 10.7. The van der Waals surface area contributed by atoms with E-state index in [-0.39, 0.29) is 5.04 Å². The SMILES string of the molecule is C#CCC[C@@H](C(=O)O)C(O[Si](C)(C)C(C)(C)C)c1ccccc1. The Morgan fingerprint density at radius 2 is 1.87 bits per heavy atom. The first-order chi connectivity index (χ1) is 10.6. The topological polar surface area (TPSA) is 46.5 Å². The Balaban J connectivity index is 3.22. The van der Waals surface area contributed by atoms with Crippen LogP contribution in [0.5, 0.6) is 0 Å². The first kappa shape index (κ1) is 19.5. The van der Waals surface area contributed by atoms with Crippen molar-refractivity contribution in [1.29, 1.82) is 0 Å². The van der Waals surface area contributed by atoms with Crippen molar-refractivity contribution >= 4 is 14.3 Å². The van der Waals surface area contributed by atoms with E-state index in [1.807, 2.05) is 30.3 Å². The van der Waals surface area contributed by atoms with Gasteiger partial charge in [-0.25, -0.2) is 0 Å². The summed E-state index contributed by atoms with van der Waals surface area (Å²) in [5, 5.41) is 9.71. The minimum atomic E-state index is -2.11. The molecule has 4 heteroatoms. The highest BCUT2D eigenvalue weighted by Crippen LogP contribution is 2.42. The average Bonchev–Trinajstić information content (AvgIpc) is 2.45. The maximum Gasteiger partial charge on any atom is 0.309 e. The molecule has 1 N–H and O–H groups in total. The molecular formula is C19H28O3Si. The summed E-state index contributed by atoms with van der Waals surface area (Å²) in [6.07, 6.45) is 5.72. The lowest BCUT2D eigenvalue weighted by Gasteiger charge is -2.41. The third-order valence-corrected chi connectivity index (χ3v) is 9.09. The van der Waals surface area contributed by atoms with E-state index in [9.17, 15) is 9.90 Å². The molecule has 126 valence electrons. The van der Waals surface area contributed by atoms with E-state index in [0.717, 1.165) is 5.56 Å². The molecule has 1 rings (SSSR count). The van der Waals surface area contributed by atoms with Gasteiger partial charge in [0, 0.05) is 6.42 Å². The molecule has 0 saturated carbocycles. The van der Waals surface area contributed by atoms with Crippen LogP contribution in [0.3, 0.4) is 0 Å². The van der Waals surface area contributed by atoms with E-state index in [2.05, 4.69) is 39.8 Å². The largest absolute Gasteiger partial charge is 0.481 e. The molecule has 3 nitrogen and oxygen atoms in total. The molecule has 0 aliphatic rings. The molecular weight excluding hydrogens is 304 g/mol. The third-order valence-electron chi connectivity index (χ3n) is 4.64. The molecule has 0 aromatic heterocycles. The van der Waals surface area contributed by atoms with Gasteiger partial charge in [0.1, 0.15) is 0 Å². The van der Waals surface area contributed by atoms with Gasteiger partial charge >= 0.3 is 5.97 Å². The summed E-state index contributed by atoms with van der Waals surface area (Å²) in [5.41, 5.74) is 0.904. The molecule has 0 radical (unpaired) electrons.